The smallest absolute Gasteiger partial charge is 0.162 e. The van der Waals surface area contributed by atoms with Crippen molar-refractivity contribution in [3.63, 3.8) is 0 Å². The normalized spacial score (nSPS) is 10.3. The van der Waals surface area contributed by atoms with Gasteiger partial charge in [-0.15, -0.1) is 0 Å². The summed E-state index contributed by atoms with van der Waals surface area (Å²) in [4.78, 5) is 0. The fourth-order valence-electron chi connectivity index (χ4n) is 1.11. The van der Waals surface area contributed by atoms with Crippen LogP contribution >= 0.6 is 0 Å². The number of aliphatic hydroxyl groups excluding tert-OH is 1. The number of hydrogen-bond donors (Lipinski definition) is 2. The van der Waals surface area contributed by atoms with Crippen molar-refractivity contribution in [2.24, 2.45) is 0 Å². The Kier molecular flexibility index (Phi) is 14.6. The number of hydrogen-bond acceptors (Lipinski definition) is 4. The Hall–Kier alpha value is -1.42. The van der Waals surface area contributed by atoms with Gasteiger partial charge in [-0.05, 0) is 18.6 Å². The van der Waals surface area contributed by atoms with Gasteiger partial charge in [0.05, 0.1) is 13.2 Å². The molecular formula is C16H31NO3. The quantitative estimate of drug-likeness (QED) is 0.806. The molecule has 0 saturated carbocycles. The van der Waals surface area contributed by atoms with E-state index < -0.39 is 6.10 Å². The molecule has 118 valence electrons. The maximum Gasteiger partial charge on any atom is 0.162 e. The van der Waals surface area contributed by atoms with Gasteiger partial charge >= 0.3 is 0 Å². The van der Waals surface area contributed by atoms with Crippen LogP contribution in [0.15, 0.2) is 18.2 Å². The molecule has 1 aromatic carbocycles. The monoisotopic (exact) mass is 285 g/mol. The van der Waals surface area contributed by atoms with Gasteiger partial charge in [0.2, 0.25) is 0 Å². The second-order valence-corrected chi connectivity index (χ2v) is 3.99. The Balaban J connectivity index is 0. The number of methoxy groups -OCH3 is 1. The Morgan fingerprint density at radius 2 is 1.70 bits per heavy atom. The molecule has 1 atom stereocenters. The average molecular weight is 285 g/mol. The van der Waals surface area contributed by atoms with Crippen LogP contribution in [0.1, 0.15) is 47.5 Å². The van der Waals surface area contributed by atoms with Crippen LogP contribution in [0.25, 0.3) is 0 Å². The minimum absolute atomic E-state index is 0.261. The Morgan fingerprint density at radius 1 is 1.15 bits per heavy atom. The van der Waals surface area contributed by atoms with Gasteiger partial charge in [-0.2, -0.15) is 0 Å². The summed E-state index contributed by atoms with van der Waals surface area (Å²) < 4.78 is 10.5. The molecule has 20 heavy (non-hydrogen) atoms. The molecule has 0 aliphatic heterocycles. The Morgan fingerprint density at radius 3 is 2.15 bits per heavy atom. The van der Waals surface area contributed by atoms with Crippen molar-refractivity contribution in [3.05, 3.63) is 18.2 Å². The van der Waals surface area contributed by atoms with Gasteiger partial charge in [0.15, 0.2) is 11.5 Å². The molecule has 3 N–H and O–H groups in total. The van der Waals surface area contributed by atoms with E-state index in [4.69, 9.17) is 15.2 Å². The summed E-state index contributed by atoms with van der Waals surface area (Å²) in [6.45, 7) is 10.4. The molecule has 0 bridgehead atoms. The van der Waals surface area contributed by atoms with Crippen molar-refractivity contribution < 1.29 is 14.6 Å². The molecule has 0 aromatic heterocycles. The molecule has 1 unspecified atom stereocenters. The molecule has 0 aliphatic carbocycles. The SMILES string of the molecule is CC.CCC.CCC(O)COc1ccc(N)cc1OC. The fraction of sp³-hybridized carbons (Fsp3) is 0.625. The van der Waals surface area contributed by atoms with Crippen molar-refractivity contribution in [2.75, 3.05) is 19.5 Å². The first-order valence-electron chi connectivity index (χ1n) is 7.33. The molecule has 0 spiro atoms. The van der Waals surface area contributed by atoms with E-state index in [2.05, 4.69) is 13.8 Å². The van der Waals surface area contributed by atoms with E-state index in [9.17, 15) is 5.11 Å². The highest BCUT2D eigenvalue weighted by Crippen LogP contribution is 2.28. The van der Waals surface area contributed by atoms with Gasteiger partial charge in [-0.3, -0.25) is 0 Å². The number of anilines is 1. The van der Waals surface area contributed by atoms with E-state index >= 15 is 0 Å². The van der Waals surface area contributed by atoms with E-state index in [0.717, 1.165) is 0 Å². The molecule has 0 radical (unpaired) electrons. The van der Waals surface area contributed by atoms with E-state index in [1.807, 2.05) is 20.8 Å². The van der Waals surface area contributed by atoms with Crippen molar-refractivity contribution >= 4 is 5.69 Å². The first-order valence-corrected chi connectivity index (χ1v) is 7.33. The van der Waals surface area contributed by atoms with Crippen molar-refractivity contribution in [1.82, 2.24) is 0 Å². The molecule has 0 aliphatic rings. The predicted octanol–water partition coefficient (Wildman–Crippen LogP) is 3.87. The van der Waals surface area contributed by atoms with Gasteiger partial charge < -0.3 is 20.3 Å². The first kappa shape index (κ1) is 20.9. The lowest BCUT2D eigenvalue weighted by molar-refractivity contribution is 0.102. The summed E-state index contributed by atoms with van der Waals surface area (Å²) in [5.41, 5.74) is 6.22. The van der Waals surface area contributed by atoms with Crippen molar-refractivity contribution in [3.8, 4) is 11.5 Å². The summed E-state index contributed by atoms with van der Waals surface area (Å²) in [6.07, 6.45) is 1.46. The third-order valence-electron chi connectivity index (χ3n) is 2.09. The largest absolute Gasteiger partial charge is 0.493 e. The molecule has 0 fully saturated rings. The van der Waals surface area contributed by atoms with Crippen molar-refractivity contribution in [1.29, 1.82) is 0 Å². The lowest BCUT2D eigenvalue weighted by Gasteiger charge is -2.13. The minimum Gasteiger partial charge on any atom is -0.493 e. The number of aliphatic hydroxyl groups is 1. The van der Waals surface area contributed by atoms with Gasteiger partial charge in [-0.1, -0.05) is 41.0 Å². The van der Waals surface area contributed by atoms with Crippen LogP contribution in [-0.4, -0.2) is 24.9 Å². The van der Waals surface area contributed by atoms with E-state index in [-0.39, 0.29) is 6.61 Å². The molecule has 0 heterocycles. The molecule has 4 heteroatoms. The van der Waals surface area contributed by atoms with Gasteiger partial charge in [0, 0.05) is 11.8 Å². The Bertz CT molecular complexity index is 329. The minimum atomic E-state index is -0.452. The Labute approximate surface area is 123 Å². The number of nitrogen functional groups attached to an aromatic ring is 1. The summed E-state index contributed by atoms with van der Waals surface area (Å²) >= 11 is 0. The molecule has 1 aromatic rings. The maximum absolute atomic E-state index is 9.35. The summed E-state index contributed by atoms with van der Waals surface area (Å²) in [5.74, 6) is 1.18. The zero-order valence-corrected chi connectivity index (χ0v) is 13.8. The number of nitrogens with two attached hydrogens (primary N) is 1. The van der Waals surface area contributed by atoms with Crippen LogP contribution < -0.4 is 15.2 Å². The van der Waals surface area contributed by atoms with Crippen LogP contribution in [0.3, 0.4) is 0 Å². The van der Waals surface area contributed by atoms with Crippen LogP contribution in [0.5, 0.6) is 11.5 Å². The standard InChI is InChI=1S/C11H17NO3.C3H8.C2H6/c1-3-9(13)7-15-10-5-4-8(12)6-11(10)14-2;1-3-2;1-2/h4-6,9,13H,3,7,12H2,1-2H3;3H2,1-2H3;1-2H3. The van der Waals surface area contributed by atoms with E-state index in [1.165, 1.54) is 6.42 Å². The van der Waals surface area contributed by atoms with Crippen LogP contribution in [-0.2, 0) is 0 Å². The van der Waals surface area contributed by atoms with E-state index in [0.29, 0.717) is 23.6 Å². The van der Waals surface area contributed by atoms with Gasteiger partial charge in [0.1, 0.15) is 6.61 Å². The third-order valence-corrected chi connectivity index (χ3v) is 2.09. The second-order valence-electron chi connectivity index (χ2n) is 3.99. The van der Waals surface area contributed by atoms with Gasteiger partial charge in [0.25, 0.3) is 0 Å². The topological polar surface area (TPSA) is 64.7 Å². The molecule has 1 rings (SSSR count). The zero-order chi connectivity index (χ0) is 16.0. The number of ether oxygens (including phenoxy) is 2. The fourth-order valence-corrected chi connectivity index (χ4v) is 1.11. The second kappa shape index (κ2) is 14.0. The number of rotatable bonds is 5. The van der Waals surface area contributed by atoms with Crippen LogP contribution in [0.2, 0.25) is 0 Å². The highest BCUT2D eigenvalue weighted by atomic mass is 16.5. The lowest BCUT2D eigenvalue weighted by Crippen LogP contribution is -2.16. The summed E-state index contributed by atoms with van der Waals surface area (Å²) in [5, 5.41) is 9.35. The highest BCUT2D eigenvalue weighted by Gasteiger charge is 2.07. The lowest BCUT2D eigenvalue weighted by atomic mass is 10.2. The van der Waals surface area contributed by atoms with Crippen LogP contribution in [0, 0.1) is 0 Å². The van der Waals surface area contributed by atoms with Crippen LogP contribution in [0.4, 0.5) is 5.69 Å². The van der Waals surface area contributed by atoms with E-state index in [1.54, 1.807) is 25.3 Å². The summed E-state index contributed by atoms with van der Waals surface area (Å²) in [6, 6.07) is 5.15. The third kappa shape index (κ3) is 9.50. The average Bonchev–Trinajstić information content (AvgIpc) is 2.48. The zero-order valence-electron chi connectivity index (χ0n) is 13.8. The molecular weight excluding hydrogens is 254 g/mol. The predicted molar refractivity (Wildman–Crippen MR) is 86.5 cm³/mol. The maximum atomic E-state index is 9.35. The first-order chi connectivity index (χ1) is 9.58. The van der Waals surface area contributed by atoms with Crippen molar-refractivity contribution in [2.45, 2.75) is 53.6 Å². The number of benzene rings is 1. The molecule has 0 saturated heterocycles. The highest BCUT2D eigenvalue weighted by molar-refractivity contribution is 5.51. The van der Waals surface area contributed by atoms with Gasteiger partial charge in [-0.25, -0.2) is 0 Å². The molecule has 4 nitrogen and oxygen atoms in total. The summed E-state index contributed by atoms with van der Waals surface area (Å²) in [7, 11) is 1.55. The molecule has 0 amide bonds.